The van der Waals surface area contributed by atoms with Crippen molar-refractivity contribution in [3.05, 3.63) is 45.9 Å². The molecule has 1 aromatic heterocycles. The molecule has 0 saturated carbocycles. The van der Waals surface area contributed by atoms with Gasteiger partial charge in [0, 0.05) is 17.5 Å². The summed E-state index contributed by atoms with van der Waals surface area (Å²) < 4.78 is 0. The molecule has 2 nitrogen and oxygen atoms in total. The molecule has 0 unspecified atom stereocenters. The minimum absolute atomic E-state index is 0.511. The summed E-state index contributed by atoms with van der Waals surface area (Å²) in [6.45, 7) is 4.34. The topological polar surface area (TPSA) is 38.9 Å². The van der Waals surface area contributed by atoms with Crippen LogP contribution in [0.1, 0.15) is 36.0 Å². The number of nitrogens with zero attached hydrogens (tertiary/aromatic N) is 1. The van der Waals surface area contributed by atoms with Crippen molar-refractivity contribution < 1.29 is 0 Å². The van der Waals surface area contributed by atoms with Crippen LogP contribution in [0.5, 0.6) is 0 Å². The Kier molecular flexibility index (Phi) is 3.25. The zero-order valence-electron chi connectivity index (χ0n) is 9.60. The number of rotatable bonds is 3. The smallest absolute Gasteiger partial charge is 0.0972 e. The lowest BCUT2D eigenvalue weighted by atomic mass is 10.1. The lowest BCUT2D eigenvalue weighted by Gasteiger charge is -1.99. The molecule has 1 heterocycles. The Labute approximate surface area is 100 Å². The van der Waals surface area contributed by atoms with Gasteiger partial charge in [-0.25, -0.2) is 4.98 Å². The number of nitrogen functional groups attached to an aromatic ring is 1. The number of hydrogen-bond donors (Lipinski definition) is 1. The molecule has 84 valence electrons. The minimum Gasteiger partial charge on any atom is -0.399 e. The number of benzene rings is 1. The summed E-state index contributed by atoms with van der Waals surface area (Å²) in [7, 11) is 0. The van der Waals surface area contributed by atoms with Crippen molar-refractivity contribution in [1.82, 2.24) is 4.98 Å². The van der Waals surface area contributed by atoms with Crippen molar-refractivity contribution in [2.45, 2.75) is 26.2 Å². The molecule has 0 amide bonds. The van der Waals surface area contributed by atoms with E-state index in [1.165, 1.54) is 16.3 Å². The molecular weight excluding hydrogens is 216 g/mol. The van der Waals surface area contributed by atoms with Crippen LogP contribution >= 0.6 is 11.3 Å². The lowest BCUT2D eigenvalue weighted by molar-refractivity contribution is 0.825. The molecule has 0 aliphatic heterocycles. The summed E-state index contributed by atoms with van der Waals surface area (Å²) in [5.74, 6) is 0.511. The summed E-state index contributed by atoms with van der Waals surface area (Å²) in [6.07, 6.45) is 0.900. The molecule has 0 spiro atoms. The SMILES string of the molecule is CC(C)c1csc(Cc2ccc(N)cc2)n1. The summed E-state index contributed by atoms with van der Waals surface area (Å²) in [4.78, 5) is 4.61. The Morgan fingerprint density at radius 2 is 1.94 bits per heavy atom. The molecule has 16 heavy (non-hydrogen) atoms. The maximum atomic E-state index is 5.65. The zero-order valence-corrected chi connectivity index (χ0v) is 10.4. The second-order valence-corrected chi connectivity index (χ2v) is 5.18. The van der Waals surface area contributed by atoms with E-state index in [2.05, 4.69) is 36.3 Å². The summed E-state index contributed by atoms with van der Waals surface area (Å²) in [5, 5.41) is 3.32. The maximum absolute atomic E-state index is 5.65. The average Bonchev–Trinajstić information content (AvgIpc) is 2.70. The van der Waals surface area contributed by atoms with E-state index < -0.39 is 0 Å². The van der Waals surface area contributed by atoms with Crippen molar-refractivity contribution in [2.24, 2.45) is 0 Å². The van der Waals surface area contributed by atoms with E-state index in [0.29, 0.717) is 5.92 Å². The van der Waals surface area contributed by atoms with Crippen molar-refractivity contribution in [3.8, 4) is 0 Å². The van der Waals surface area contributed by atoms with Gasteiger partial charge in [-0.3, -0.25) is 0 Å². The van der Waals surface area contributed by atoms with Crippen molar-refractivity contribution >= 4 is 17.0 Å². The number of anilines is 1. The Morgan fingerprint density at radius 3 is 2.50 bits per heavy atom. The van der Waals surface area contributed by atoms with Gasteiger partial charge in [0.25, 0.3) is 0 Å². The molecule has 0 aliphatic carbocycles. The highest BCUT2D eigenvalue weighted by atomic mass is 32.1. The standard InChI is InChI=1S/C13H16N2S/c1-9(2)12-8-16-13(15-12)7-10-3-5-11(14)6-4-10/h3-6,8-9H,7,14H2,1-2H3. The van der Waals surface area contributed by atoms with Crippen LogP contribution in [0.15, 0.2) is 29.6 Å². The highest BCUT2D eigenvalue weighted by molar-refractivity contribution is 7.09. The first-order chi connectivity index (χ1) is 7.65. The van der Waals surface area contributed by atoms with E-state index in [9.17, 15) is 0 Å². The van der Waals surface area contributed by atoms with Gasteiger partial charge in [0.2, 0.25) is 0 Å². The molecule has 2 N–H and O–H groups in total. The maximum Gasteiger partial charge on any atom is 0.0972 e. The fraction of sp³-hybridized carbons (Fsp3) is 0.308. The molecule has 2 aromatic rings. The van der Waals surface area contributed by atoms with Gasteiger partial charge >= 0.3 is 0 Å². The molecule has 2 rings (SSSR count). The van der Waals surface area contributed by atoms with Crippen LogP contribution in [-0.4, -0.2) is 4.98 Å². The molecule has 0 radical (unpaired) electrons. The number of thiazole rings is 1. The van der Waals surface area contributed by atoms with Gasteiger partial charge in [-0.15, -0.1) is 11.3 Å². The predicted octanol–water partition coefficient (Wildman–Crippen LogP) is 3.44. The first-order valence-corrected chi connectivity index (χ1v) is 6.32. The lowest BCUT2D eigenvalue weighted by Crippen LogP contribution is -1.91. The minimum atomic E-state index is 0.511. The number of hydrogen-bond acceptors (Lipinski definition) is 3. The van der Waals surface area contributed by atoms with E-state index in [4.69, 9.17) is 5.73 Å². The third kappa shape index (κ3) is 2.61. The fourth-order valence-electron chi connectivity index (χ4n) is 1.48. The van der Waals surface area contributed by atoms with Crippen LogP contribution < -0.4 is 5.73 Å². The van der Waals surface area contributed by atoms with Crippen LogP contribution in [0, 0.1) is 0 Å². The Morgan fingerprint density at radius 1 is 1.25 bits per heavy atom. The van der Waals surface area contributed by atoms with E-state index in [0.717, 1.165) is 12.1 Å². The first-order valence-electron chi connectivity index (χ1n) is 5.44. The highest BCUT2D eigenvalue weighted by Crippen LogP contribution is 2.20. The van der Waals surface area contributed by atoms with Crippen LogP contribution in [-0.2, 0) is 6.42 Å². The van der Waals surface area contributed by atoms with E-state index >= 15 is 0 Å². The molecule has 0 atom stereocenters. The zero-order chi connectivity index (χ0) is 11.5. The van der Waals surface area contributed by atoms with Gasteiger partial charge in [0.05, 0.1) is 10.7 Å². The van der Waals surface area contributed by atoms with Crippen molar-refractivity contribution in [2.75, 3.05) is 5.73 Å². The fourth-order valence-corrected chi connectivity index (χ4v) is 2.47. The third-order valence-electron chi connectivity index (χ3n) is 2.50. The Bertz CT molecular complexity index is 457. The average molecular weight is 232 g/mol. The highest BCUT2D eigenvalue weighted by Gasteiger charge is 2.05. The Balaban J connectivity index is 2.11. The van der Waals surface area contributed by atoms with Crippen molar-refractivity contribution in [3.63, 3.8) is 0 Å². The van der Waals surface area contributed by atoms with Gasteiger partial charge in [0.15, 0.2) is 0 Å². The first kappa shape index (κ1) is 11.1. The molecule has 0 fully saturated rings. The molecule has 3 heteroatoms. The Hall–Kier alpha value is -1.35. The van der Waals surface area contributed by atoms with E-state index in [1.54, 1.807) is 11.3 Å². The van der Waals surface area contributed by atoms with Crippen molar-refractivity contribution in [1.29, 1.82) is 0 Å². The largest absolute Gasteiger partial charge is 0.399 e. The quantitative estimate of drug-likeness (QED) is 0.823. The molecule has 1 aromatic carbocycles. The second kappa shape index (κ2) is 4.66. The van der Waals surface area contributed by atoms with Crippen LogP contribution in [0.2, 0.25) is 0 Å². The van der Waals surface area contributed by atoms with Crippen LogP contribution in [0.4, 0.5) is 5.69 Å². The predicted molar refractivity (Wildman–Crippen MR) is 69.9 cm³/mol. The van der Waals surface area contributed by atoms with Gasteiger partial charge in [-0.05, 0) is 23.6 Å². The van der Waals surface area contributed by atoms with Gasteiger partial charge in [0.1, 0.15) is 0 Å². The van der Waals surface area contributed by atoms with Crippen LogP contribution in [0.25, 0.3) is 0 Å². The van der Waals surface area contributed by atoms with Gasteiger partial charge in [-0.2, -0.15) is 0 Å². The summed E-state index contributed by atoms with van der Waals surface area (Å²) in [6, 6.07) is 8.00. The molecular formula is C13H16N2S. The third-order valence-corrected chi connectivity index (χ3v) is 3.36. The molecule has 0 bridgehead atoms. The van der Waals surface area contributed by atoms with E-state index in [-0.39, 0.29) is 0 Å². The number of nitrogens with two attached hydrogens (primary N) is 1. The van der Waals surface area contributed by atoms with E-state index in [1.807, 2.05) is 12.1 Å². The second-order valence-electron chi connectivity index (χ2n) is 4.24. The number of aromatic nitrogens is 1. The van der Waals surface area contributed by atoms with Gasteiger partial charge < -0.3 is 5.73 Å². The van der Waals surface area contributed by atoms with Crippen LogP contribution in [0.3, 0.4) is 0 Å². The molecule has 0 aliphatic rings. The summed E-state index contributed by atoms with van der Waals surface area (Å²) in [5.41, 5.74) is 8.91. The normalized spacial score (nSPS) is 10.9. The molecule has 0 saturated heterocycles. The van der Waals surface area contributed by atoms with Gasteiger partial charge in [-0.1, -0.05) is 26.0 Å². The monoisotopic (exact) mass is 232 g/mol. The summed E-state index contributed by atoms with van der Waals surface area (Å²) >= 11 is 1.73.